The third-order valence-electron chi connectivity index (χ3n) is 6.09. The highest BCUT2D eigenvalue weighted by Crippen LogP contribution is 2.24. The number of amides is 2. The Hall–Kier alpha value is -3.46. The van der Waals surface area contributed by atoms with Gasteiger partial charge in [-0.25, -0.2) is 4.39 Å². The number of carbonyl (C=O) groups excluding carboxylic acids is 2. The number of rotatable bonds is 8. The van der Waals surface area contributed by atoms with Crippen molar-refractivity contribution in [2.45, 2.75) is 6.54 Å². The quantitative estimate of drug-likeness (QED) is 0.430. The van der Waals surface area contributed by atoms with E-state index in [9.17, 15) is 14.0 Å². The number of nitrogens with one attached hydrogen (secondary N) is 2. The van der Waals surface area contributed by atoms with Crippen molar-refractivity contribution in [3.8, 4) is 0 Å². The maximum absolute atomic E-state index is 13.3. The Morgan fingerprint density at radius 2 is 1.64 bits per heavy atom. The minimum absolute atomic E-state index is 0.245. The normalized spacial score (nSPS) is 13.9. The average molecular weight is 510 g/mol. The molecule has 1 heterocycles. The van der Waals surface area contributed by atoms with Crippen molar-refractivity contribution < 1.29 is 14.0 Å². The van der Waals surface area contributed by atoms with Gasteiger partial charge in [0.15, 0.2) is 0 Å². The molecule has 0 aromatic heterocycles. The van der Waals surface area contributed by atoms with Crippen LogP contribution in [0.5, 0.6) is 0 Å². The predicted octanol–water partition coefficient (Wildman–Crippen LogP) is 3.74. The van der Waals surface area contributed by atoms with Gasteiger partial charge in [-0.1, -0.05) is 23.7 Å². The molecular formula is C27H29ClFN5O2. The summed E-state index contributed by atoms with van der Waals surface area (Å²) in [6, 6.07) is 18.6. The molecule has 3 aromatic carbocycles. The molecule has 7 nitrogen and oxygen atoms in total. The zero-order valence-corrected chi connectivity index (χ0v) is 20.6. The summed E-state index contributed by atoms with van der Waals surface area (Å²) in [4.78, 5) is 30.0. The van der Waals surface area contributed by atoms with Gasteiger partial charge < -0.3 is 21.3 Å². The minimum atomic E-state index is -0.306. The number of hydrogen-bond donors (Lipinski definition) is 3. The van der Waals surface area contributed by atoms with Crippen molar-refractivity contribution in [1.29, 1.82) is 0 Å². The van der Waals surface area contributed by atoms with E-state index in [1.807, 2.05) is 6.07 Å². The van der Waals surface area contributed by atoms with Gasteiger partial charge in [0.25, 0.3) is 11.8 Å². The Morgan fingerprint density at radius 3 is 2.33 bits per heavy atom. The van der Waals surface area contributed by atoms with Gasteiger partial charge in [-0.2, -0.15) is 0 Å². The fourth-order valence-electron chi connectivity index (χ4n) is 4.14. The molecular weight excluding hydrogens is 481 g/mol. The highest BCUT2D eigenvalue weighted by Gasteiger charge is 2.20. The van der Waals surface area contributed by atoms with E-state index in [0.717, 1.165) is 37.4 Å². The summed E-state index contributed by atoms with van der Waals surface area (Å²) in [6.45, 7) is 4.52. The number of halogens is 2. The van der Waals surface area contributed by atoms with E-state index >= 15 is 0 Å². The number of anilines is 2. The van der Waals surface area contributed by atoms with Crippen LogP contribution in [-0.4, -0.2) is 56.0 Å². The van der Waals surface area contributed by atoms with E-state index in [-0.39, 0.29) is 17.6 Å². The Kier molecular flexibility index (Phi) is 8.53. The van der Waals surface area contributed by atoms with Crippen LogP contribution in [0, 0.1) is 5.82 Å². The zero-order valence-electron chi connectivity index (χ0n) is 19.8. The Balaban J connectivity index is 1.49. The van der Waals surface area contributed by atoms with E-state index in [0.29, 0.717) is 41.5 Å². The number of piperazine rings is 1. The van der Waals surface area contributed by atoms with E-state index in [1.54, 1.807) is 48.5 Å². The van der Waals surface area contributed by atoms with Crippen molar-refractivity contribution in [2.24, 2.45) is 5.73 Å². The van der Waals surface area contributed by atoms with Crippen molar-refractivity contribution in [3.63, 3.8) is 0 Å². The molecule has 1 fully saturated rings. The fraction of sp³-hybridized carbons (Fsp3) is 0.259. The van der Waals surface area contributed by atoms with Crippen LogP contribution in [0.1, 0.15) is 26.3 Å². The van der Waals surface area contributed by atoms with Crippen molar-refractivity contribution in [1.82, 2.24) is 10.2 Å². The lowest BCUT2D eigenvalue weighted by Crippen LogP contribution is -2.46. The second-order valence-corrected chi connectivity index (χ2v) is 9.06. The number of hydrogen-bond acceptors (Lipinski definition) is 5. The molecule has 4 rings (SSSR count). The molecule has 0 radical (unpaired) electrons. The van der Waals surface area contributed by atoms with Crippen LogP contribution in [0.25, 0.3) is 0 Å². The first-order valence-corrected chi connectivity index (χ1v) is 12.2. The standard InChI is InChI=1S/C27H29ClFN5O2/c28-22-3-1-2-19(16-22)27(36)32-25-17-20(26(35)31-11-10-30)4-5-21(25)18-33-12-14-34(15-13-33)24-8-6-23(29)7-9-24/h1-9,16-17H,10-15,18,30H2,(H,31,35)(H,32,36). The summed E-state index contributed by atoms with van der Waals surface area (Å²) < 4.78 is 13.3. The molecule has 0 aliphatic carbocycles. The number of benzene rings is 3. The van der Waals surface area contributed by atoms with Crippen LogP contribution in [-0.2, 0) is 6.54 Å². The third-order valence-corrected chi connectivity index (χ3v) is 6.33. The van der Waals surface area contributed by atoms with Gasteiger partial charge >= 0.3 is 0 Å². The number of carbonyl (C=O) groups is 2. The van der Waals surface area contributed by atoms with Crippen molar-refractivity contribution >= 4 is 34.8 Å². The van der Waals surface area contributed by atoms with Crippen LogP contribution in [0.3, 0.4) is 0 Å². The lowest BCUT2D eigenvalue weighted by molar-refractivity contribution is 0.0953. The van der Waals surface area contributed by atoms with Crippen LogP contribution in [0.4, 0.5) is 15.8 Å². The van der Waals surface area contributed by atoms with Crippen LogP contribution < -0.4 is 21.3 Å². The highest BCUT2D eigenvalue weighted by atomic mass is 35.5. The van der Waals surface area contributed by atoms with Gasteiger partial charge in [0.1, 0.15) is 5.82 Å². The minimum Gasteiger partial charge on any atom is -0.369 e. The van der Waals surface area contributed by atoms with Gasteiger partial charge in [-0.05, 0) is 60.2 Å². The molecule has 188 valence electrons. The first-order chi connectivity index (χ1) is 17.4. The molecule has 1 aliphatic rings. The zero-order chi connectivity index (χ0) is 25.5. The van der Waals surface area contributed by atoms with Gasteiger partial charge in [-0.15, -0.1) is 0 Å². The summed E-state index contributed by atoms with van der Waals surface area (Å²) in [5.41, 5.74) is 8.84. The Labute approximate surface area is 215 Å². The van der Waals surface area contributed by atoms with Gasteiger partial charge in [-0.3, -0.25) is 14.5 Å². The number of nitrogens with zero attached hydrogens (tertiary/aromatic N) is 2. The molecule has 2 amide bonds. The lowest BCUT2D eigenvalue weighted by atomic mass is 10.1. The van der Waals surface area contributed by atoms with Gasteiger partial charge in [0.05, 0.1) is 0 Å². The molecule has 0 unspecified atom stereocenters. The second-order valence-electron chi connectivity index (χ2n) is 8.62. The molecule has 0 saturated carbocycles. The molecule has 36 heavy (non-hydrogen) atoms. The summed E-state index contributed by atoms with van der Waals surface area (Å²) in [6.07, 6.45) is 0. The summed E-state index contributed by atoms with van der Waals surface area (Å²) in [7, 11) is 0. The van der Waals surface area contributed by atoms with E-state index in [1.165, 1.54) is 12.1 Å². The van der Waals surface area contributed by atoms with Crippen LogP contribution >= 0.6 is 11.6 Å². The van der Waals surface area contributed by atoms with Crippen LogP contribution in [0.2, 0.25) is 5.02 Å². The first kappa shape index (κ1) is 25.6. The first-order valence-electron chi connectivity index (χ1n) is 11.8. The molecule has 0 bridgehead atoms. The topological polar surface area (TPSA) is 90.7 Å². The smallest absolute Gasteiger partial charge is 0.255 e. The predicted molar refractivity (Wildman–Crippen MR) is 141 cm³/mol. The molecule has 3 aromatic rings. The highest BCUT2D eigenvalue weighted by molar-refractivity contribution is 6.31. The Morgan fingerprint density at radius 1 is 0.917 bits per heavy atom. The largest absolute Gasteiger partial charge is 0.369 e. The van der Waals surface area contributed by atoms with E-state index in [2.05, 4.69) is 20.4 Å². The van der Waals surface area contributed by atoms with E-state index < -0.39 is 0 Å². The lowest BCUT2D eigenvalue weighted by Gasteiger charge is -2.36. The summed E-state index contributed by atoms with van der Waals surface area (Å²) >= 11 is 6.06. The molecule has 1 aliphatic heterocycles. The van der Waals surface area contributed by atoms with Crippen molar-refractivity contribution in [2.75, 3.05) is 49.5 Å². The molecule has 9 heteroatoms. The van der Waals surface area contributed by atoms with Gasteiger partial charge in [0.2, 0.25) is 0 Å². The molecule has 1 saturated heterocycles. The maximum Gasteiger partial charge on any atom is 0.255 e. The van der Waals surface area contributed by atoms with Gasteiger partial charge in [0, 0.05) is 73.3 Å². The summed E-state index contributed by atoms with van der Waals surface area (Å²) in [5.74, 6) is -0.803. The fourth-order valence-corrected chi connectivity index (χ4v) is 4.33. The molecule has 4 N–H and O–H groups in total. The second kappa shape index (κ2) is 12.0. The monoisotopic (exact) mass is 509 g/mol. The Bertz CT molecular complexity index is 1210. The molecule has 0 atom stereocenters. The maximum atomic E-state index is 13.3. The number of nitrogens with two attached hydrogens (primary N) is 1. The van der Waals surface area contributed by atoms with Crippen molar-refractivity contribution in [3.05, 3.63) is 94.3 Å². The van der Waals surface area contributed by atoms with Crippen LogP contribution in [0.15, 0.2) is 66.7 Å². The summed E-state index contributed by atoms with van der Waals surface area (Å²) in [5, 5.41) is 6.19. The molecule has 0 spiro atoms. The average Bonchev–Trinajstić information content (AvgIpc) is 2.89. The third kappa shape index (κ3) is 6.60. The van der Waals surface area contributed by atoms with E-state index in [4.69, 9.17) is 17.3 Å². The SMILES string of the molecule is NCCNC(=O)c1ccc(CN2CCN(c3ccc(F)cc3)CC2)c(NC(=O)c2cccc(Cl)c2)c1.